The van der Waals surface area contributed by atoms with Crippen molar-refractivity contribution in [1.82, 2.24) is 5.32 Å². The van der Waals surface area contributed by atoms with Gasteiger partial charge in [-0.05, 0) is 43.5 Å². The standard InChI is InChI=1S/C24H26N2O6/c1-4-7-15-12-16(13-20(30-2)22(15)31-3)24(29)32-14-21(27)26-19-9-6-5-8-18(19)23(28)25-17-10-11-17/h4-6,8-9,12-13,17H,1,7,10-11,14H2,2-3H3,(H,25,28)(H,26,27). The molecule has 2 N–H and O–H groups in total. The molecule has 0 unspecified atom stereocenters. The molecule has 0 heterocycles. The van der Waals surface area contributed by atoms with E-state index in [2.05, 4.69) is 17.2 Å². The second-order valence-corrected chi connectivity index (χ2v) is 7.28. The van der Waals surface area contributed by atoms with Crippen LogP contribution in [0.2, 0.25) is 0 Å². The first-order valence-electron chi connectivity index (χ1n) is 10.2. The quantitative estimate of drug-likeness (QED) is 0.436. The van der Waals surface area contributed by atoms with Gasteiger partial charge in [-0.25, -0.2) is 4.79 Å². The third-order valence-electron chi connectivity index (χ3n) is 4.85. The van der Waals surface area contributed by atoms with Crippen LogP contribution in [0.3, 0.4) is 0 Å². The number of carbonyl (C=O) groups excluding carboxylic acids is 3. The largest absolute Gasteiger partial charge is 0.493 e. The number of rotatable bonds is 10. The molecule has 1 aliphatic carbocycles. The molecule has 0 atom stereocenters. The molecule has 0 saturated heterocycles. The van der Waals surface area contributed by atoms with Crippen LogP contribution in [0, 0.1) is 0 Å². The number of hydrogen-bond acceptors (Lipinski definition) is 6. The fourth-order valence-corrected chi connectivity index (χ4v) is 3.15. The van der Waals surface area contributed by atoms with Gasteiger partial charge in [0, 0.05) is 11.6 Å². The topological polar surface area (TPSA) is 103 Å². The van der Waals surface area contributed by atoms with E-state index in [9.17, 15) is 14.4 Å². The van der Waals surface area contributed by atoms with E-state index >= 15 is 0 Å². The molecular weight excluding hydrogens is 412 g/mol. The summed E-state index contributed by atoms with van der Waals surface area (Å²) in [7, 11) is 2.98. The number of anilines is 1. The number of para-hydroxylation sites is 1. The normalized spacial score (nSPS) is 12.4. The highest BCUT2D eigenvalue weighted by Crippen LogP contribution is 2.33. The summed E-state index contributed by atoms with van der Waals surface area (Å²) in [5, 5.41) is 5.52. The summed E-state index contributed by atoms with van der Waals surface area (Å²) >= 11 is 0. The maximum Gasteiger partial charge on any atom is 0.338 e. The Morgan fingerprint density at radius 2 is 1.88 bits per heavy atom. The number of carbonyl (C=O) groups is 3. The minimum absolute atomic E-state index is 0.194. The molecule has 2 aromatic carbocycles. The molecule has 1 fully saturated rings. The number of benzene rings is 2. The van der Waals surface area contributed by atoms with E-state index in [1.54, 1.807) is 36.4 Å². The van der Waals surface area contributed by atoms with Crippen molar-refractivity contribution >= 4 is 23.5 Å². The van der Waals surface area contributed by atoms with Crippen molar-refractivity contribution in [3.63, 3.8) is 0 Å². The van der Waals surface area contributed by atoms with Crippen molar-refractivity contribution in [3.8, 4) is 11.5 Å². The lowest BCUT2D eigenvalue weighted by Gasteiger charge is -2.14. The van der Waals surface area contributed by atoms with E-state index in [4.69, 9.17) is 14.2 Å². The van der Waals surface area contributed by atoms with Crippen molar-refractivity contribution in [2.24, 2.45) is 0 Å². The molecule has 0 spiro atoms. The van der Waals surface area contributed by atoms with Gasteiger partial charge in [-0.1, -0.05) is 18.2 Å². The number of esters is 1. The third-order valence-corrected chi connectivity index (χ3v) is 4.85. The smallest absolute Gasteiger partial charge is 0.338 e. The molecule has 1 saturated carbocycles. The zero-order valence-electron chi connectivity index (χ0n) is 18.1. The molecule has 8 nitrogen and oxygen atoms in total. The molecule has 0 bridgehead atoms. The van der Waals surface area contributed by atoms with E-state index in [0.717, 1.165) is 12.8 Å². The highest BCUT2D eigenvalue weighted by Gasteiger charge is 2.25. The first kappa shape index (κ1) is 22.9. The summed E-state index contributed by atoms with van der Waals surface area (Å²) in [5.41, 5.74) is 1.63. The van der Waals surface area contributed by atoms with Crippen molar-refractivity contribution in [2.75, 3.05) is 26.1 Å². The fourth-order valence-electron chi connectivity index (χ4n) is 3.15. The number of methoxy groups -OCH3 is 2. The minimum atomic E-state index is -0.689. The Morgan fingerprint density at radius 3 is 2.53 bits per heavy atom. The molecule has 32 heavy (non-hydrogen) atoms. The first-order valence-corrected chi connectivity index (χ1v) is 10.2. The van der Waals surface area contributed by atoms with E-state index in [-0.39, 0.29) is 17.5 Å². The molecule has 2 amide bonds. The lowest BCUT2D eigenvalue weighted by Crippen LogP contribution is -2.28. The fraction of sp³-hybridized carbons (Fsp3) is 0.292. The first-order chi connectivity index (χ1) is 15.5. The van der Waals surface area contributed by atoms with Crippen LogP contribution in [0.5, 0.6) is 11.5 Å². The summed E-state index contributed by atoms with van der Waals surface area (Å²) in [6.45, 7) is 3.19. The molecular formula is C24H26N2O6. The molecule has 0 aliphatic heterocycles. The SMILES string of the molecule is C=CCc1cc(C(=O)OCC(=O)Nc2ccccc2C(=O)NC2CC2)cc(OC)c1OC. The summed E-state index contributed by atoms with van der Waals surface area (Å²) in [4.78, 5) is 37.3. The average Bonchev–Trinajstić information content (AvgIpc) is 3.61. The van der Waals surface area contributed by atoms with Crippen LogP contribution in [0.25, 0.3) is 0 Å². The van der Waals surface area contributed by atoms with Crippen LogP contribution in [0.4, 0.5) is 5.69 Å². The zero-order chi connectivity index (χ0) is 23.1. The number of nitrogens with one attached hydrogen (secondary N) is 2. The van der Waals surface area contributed by atoms with Crippen LogP contribution in [0.1, 0.15) is 39.1 Å². The average molecular weight is 438 g/mol. The predicted molar refractivity (Wildman–Crippen MR) is 119 cm³/mol. The van der Waals surface area contributed by atoms with Gasteiger partial charge in [0.15, 0.2) is 18.1 Å². The van der Waals surface area contributed by atoms with Gasteiger partial charge in [0.2, 0.25) is 0 Å². The summed E-state index contributed by atoms with van der Waals surface area (Å²) in [6, 6.07) is 9.97. The summed E-state index contributed by atoms with van der Waals surface area (Å²) in [6.07, 6.45) is 4.05. The Kier molecular flexibility index (Phi) is 7.49. The van der Waals surface area contributed by atoms with Crippen LogP contribution in [0.15, 0.2) is 49.1 Å². The second-order valence-electron chi connectivity index (χ2n) is 7.28. The Morgan fingerprint density at radius 1 is 1.12 bits per heavy atom. The van der Waals surface area contributed by atoms with Crippen LogP contribution >= 0.6 is 0 Å². The maximum atomic E-state index is 12.5. The van der Waals surface area contributed by atoms with Crippen molar-refractivity contribution in [3.05, 3.63) is 65.7 Å². The molecule has 1 aliphatic rings. The van der Waals surface area contributed by atoms with Gasteiger partial charge in [0.05, 0.1) is 31.0 Å². The lowest BCUT2D eigenvalue weighted by molar-refractivity contribution is -0.119. The monoisotopic (exact) mass is 438 g/mol. The maximum absolute atomic E-state index is 12.5. The van der Waals surface area contributed by atoms with E-state index in [1.807, 2.05) is 0 Å². The van der Waals surface area contributed by atoms with Crippen LogP contribution < -0.4 is 20.1 Å². The van der Waals surface area contributed by atoms with E-state index in [0.29, 0.717) is 34.7 Å². The number of ether oxygens (including phenoxy) is 3. The van der Waals surface area contributed by atoms with Gasteiger partial charge >= 0.3 is 5.97 Å². The molecule has 0 aromatic heterocycles. The highest BCUT2D eigenvalue weighted by molar-refractivity contribution is 6.04. The minimum Gasteiger partial charge on any atom is -0.493 e. The van der Waals surface area contributed by atoms with Gasteiger partial charge in [0.1, 0.15) is 0 Å². The predicted octanol–water partition coefficient (Wildman–Crippen LogP) is 3.12. The van der Waals surface area contributed by atoms with Gasteiger partial charge in [-0.15, -0.1) is 6.58 Å². The second kappa shape index (κ2) is 10.5. The van der Waals surface area contributed by atoms with Crippen LogP contribution in [-0.2, 0) is 16.0 Å². The van der Waals surface area contributed by atoms with Gasteiger partial charge in [-0.2, -0.15) is 0 Å². The summed E-state index contributed by atoms with van der Waals surface area (Å²) < 4.78 is 15.8. The number of hydrogen-bond donors (Lipinski definition) is 2. The molecule has 3 rings (SSSR count). The third kappa shape index (κ3) is 5.66. The highest BCUT2D eigenvalue weighted by atomic mass is 16.5. The Labute approximate surface area is 186 Å². The summed E-state index contributed by atoms with van der Waals surface area (Å²) in [5.74, 6) is -0.620. The van der Waals surface area contributed by atoms with Gasteiger partial charge in [-0.3, -0.25) is 9.59 Å². The van der Waals surface area contributed by atoms with Crippen molar-refractivity contribution in [2.45, 2.75) is 25.3 Å². The molecule has 0 radical (unpaired) electrons. The molecule has 168 valence electrons. The van der Waals surface area contributed by atoms with Crippen molar-refractivity contribution in [1.29, 1.82) is 0 Å². The van der Waals surface area contributed by atoms with Gasteiger partial charge in [0.25, 0.3) is 11.8 Å². The van der Waals surface area contributed by atoms with E-state index in [1.165, 1.54) is 20.3 Å². The molecule has 2 aromatic rings. The lowest BCUT2D eigenvalue weighted by atomic mass is 10.1. The van der Waals surface area contributed by atoms with Crippen molar-refractivity contribution < 1.29 is 28.6 Å². The molecule has 8 heteroatoms. The van der Waals surface area contributed by atoms with Gasteiger partial charge < -0.3 is 24.8 Å². The Bertz CT molecular complexity index is 1030. The Balaban J connectivity index is 1.65. The number of allylic oxidation sites excluding steroid dienone is 1. The van der Waals surface area contributed by atoms with E-state index < -0.39 is 18.5 Å². The van der Waals surface area contributed by atoms with Crippen LogP contribution in [-0.4, -0.2) is 44.7 Å². The zero-order valence-corrected chi connectivity index (χ0v) is 18.1. The number of amides is 2. The Hall–Kier alpha value is -3.81.